The number of thioether (sulfide) groups is 1. The average molecular weight is 278 g/mol. The molecule has 1 saturated heterocycles. The van der Waals surface area contributed by atoms with Crippen molar-refractivity contribution in [1.29, 1.82) is 0 Å². The molecule has 0 atom stereocenters. The van der Waals surface area contributed by atoms with Gasteiger partial charge in [-0.15, -0.1) is 0 Å². The van der Waals surface area contributed by atoms with Crippen LogP contribution in [0.5, 0.6) is 5.75 Å². The topological polar surface area (TPSA) is 50.4 Å². The Morgan fingerprint density at radius 1 is 1.37 bits per heavy atom. The van der Waals surface area contributed by atoms with E-state index in [1.54, 1.807) is 0 Å². The Morgan fingerprint density at radius 2 is 2.21 bits per heavy atom. The molecule has 2 aliphatic rings. The van der Waals surface area contributed by atoms with Gasteiger partial charge in [-0.1, -0.05) is 6.07 Å². The van der Waals surface area contributed by atoms with Gasteiger partial charge < -0.3 is 15.4 Å². The Bertz CT molecular complexity index is 473. The molecule has 1 aromatic rings. The van der Waals surface area contributed by atoms with E-state index in [1.165, 1.54) is 29.9 Å². The Kier molecular flexibility index (Phi) is 3.94. The number of amides is 1. The molecule has 0 aromatic heterocycles. The van der Waals surface area contributed by atoms with Crippen molar-refractivity contribution in [3.8, 4) is 5.75 Å². The van der Waals surface area contributed by atoms with Gasteiger partial charge in [0.2, 0.25) is 0 Å². The van der Waals surface area contributed by atoms with Gasteiger partial charge in [0.15, 0.2) is 6.61 Å². The lowest BCUT2D eigenvalue weighted by atomic mass is 10.1. The van der Waals surface area contributed by atoms with E-state index >= 15 is 0 Å². The van der Waals surface area contributed by atoms with Crippen LogP contribution in [-0.2, 0) is 11.3 Å². The van der Waals surface area contributed by atoms with E-state index in [0.717, 1.165) is 18.0 Å². The zero-order chi connectivity index (χ0) is 13.1. The first kappa shape index (κ1) is 12.8. The molecule has 2 N–H and O–H groups in total. The summed E-state index contributed by atoms with van der Waals surface area (Å²) < 4.78 is 5.35. The maximum atomic E-state index is 11.3. The van der Waals surface area contributed by atoms with Crippen molar-refractivity contribution < 1.29 is 9.53 Å². The Balaban J connectivity index is 1.61. The summed E-state index contributed by atoms with van der Waals surface area (Å²) in [6.45, 7) is 0.961. The molecule has 1 amide bonds. The molecule has 2 heterocycles. The van der Waals surface area contributed by atoms with Crippen molar-refractivity contribution in [2.75, 3.05) is 23.4 Å². The lowest BCUT2D eigenvalue weighted by molar-refractivity contribution is -0.118. The Hall–Kier alpha value is -1.20. The normalized spacial score (nSPS) is 19.5. The predicted molar refractivity (Wildman–Crippen MR) is 77.8 cm³/mol. The van der Waals surface area contributed by atoms with Gasteiger partial charge in [0.25, 0.3) is 5.91 Å². The summed E-state index contributed by atoms with van der Waals surface area (Å²) in [5.74, 6) is 3.19. The van der Waals surface area contributed by atoms with Crippen LogP contribution in [0.3, 0.4) is 0 Å². The third-order valence-corrected chi connectivity index (χ3v) is 4.54. The van der Waals surface area contributed by atoms with E-state index in [0.29, 0.717) is 6.04 Å². The predicted octanol–water partition coefficient (Wildman–Crippen LogP) is 2.00. The van der Waals surface area contributed by atoms with Crippen LogP contribution in [0.4, 0.5) is 5.69 Å². The molecule has 0 aliphatic carbocycles. The quantitative estimate of drug-likeness (QED) is 0.888. The van der Waals surface area contributed by atoms with Gasteiger partial charge in [-0.05, 0) is 42.0 Å². The number of nitrogens with one attached hydrogen (secondary N) is 2. The Morgan fingerprint density at radius 3 is 3.05 bits per heavy atom. The van der Waals surface area contributed by atoms with Gasteiger partial charge >= 0.3 is 0 Å². The fourth-order valence-corrected chi connectivity index (χ4v) is 3.51. The second-order valence-corrected chi connectivity index (χ2v) is 6.16. The first-order valence-corrected chi connectivity index (χ1v) is 7.83. The first-order chi connectivity index (χ1) is 9.31. The highest BCUT2D eigenvalue weighted by molar-refractivity contribution is 7.99. The zero-order valence-electron chi connectivity index (χ0n) is 10.8. The summed E-state index contributed by atoms with van der Waals surface area (Å²) in [5, 5.41) is 6.43. The molecule has 1 aromatic carbocycles. The highest BCUT2D eigenvalue weighted by Gasteiger charge is 2.17. The number of carbonyl (C=O) groups excluding carboxylic acids is 1. The highest BCUT2D eigenvalue weighted by Crippen LogP contribution is 2.28. The van der Waals surface area contributed by atoms with Crippen molar-refractivity contribution in [1.82, 2.24) is 5.32 Å². The molecule has 19 heavy (non-hydrogen) atoms. The van der Waals surface area contributed by atoms with E-state index in [1.807, 2.05) is 23.9 Å². The molecular weight excluding hydrogens is 260 g/mol. The molecule has 0 spiro atoms. The molecule has 0 radical (unpaired) electrons. The minimum absolute atomic E-state index is 0.0816. The maximum Gasteiger partial charge on any atom is 0.262 e. The number of anilines is 1. The second kappa shape index (κ2) is 5.84. The van der Waals surface area contributed by atoms with Crippen LogP contribution in [0, 0.1) is 0 Å². The van der Waals surface area contributed by atoms with Crippen LogP contribution in [0.25, 0.3) is 0 Å². The van der Waals surface area contributed by atoms with Crippen LogP contribution in [0.15, 0.2) is 18.2 Å². The fourth-order valence-electron chi connectivity index (χ4n) is 2.40. The third-order valence-electron chi connectivity index (χ3n) is 3.49. The third kappa shape index (κ3) is 3.22. The molecular formula is C14H18N2O2S. The van der Waals surface area contributed by atoms with Gasteiger partial charge in [-0.2, -0.15) is 11.8 Å². The summed E-state index contributed by atoms with van der Waals surface area (Å²) in [6, 6.07) is 6.61. The number of carbonyl (C=O) groups is 1. The number of hydrogen-bond acceptors (Lipinski definition) is 4. The number of benzene rings is 1. The van der Waals surface area contributed by atoms with Gasteiger partial charge in [-0.3, -0.25) is 4.79 Å². The fraction of sp³-hybridized carbons (Fsp3) is 0.500. The van der Waals surface area contributed by atoms with Crippen molar-refractivity contribution in [3.05, 3.63) is 23.8 Å². The van der Waals surface area contributed by atoms with Crippen LogP contribution < -0.4 is 15.4 Å². The molecule has 102 valence electrons. The van der Waals surface area contributed by atoms with E-state index in [2.05, 4.69) is 16.7 Å². The molecule has 2 aliphatic heterocycles. The summed E-state index contributed by atoms with van der Waals surface area (Å²) >= 11 is 2.04. The standard InChI is InChI=1S/C14H18N2O2S/c17-14-9-18-13-2-1-10(7-12(13)16-14)8-15-11-3-5-19-6-4-11/h1-2,7,11,15H,3-6,8-9H2,(H,16,17). The monoisotopic (exact) mass is 278 g/mol. The lowest BCUT2D eigenvalue weighted by Crippen LogP contribution is -2.32. The zero-order valence-corrected chi connectivity index (χ0v) is 11.6. The van der Waals surface area contributed by atoms with Crippen molar-refractivity contribution in [2.45, 2.75) is 25.4 Å². The molecule has 4 nitrogen and oxygen atoms in total. The largest absolute Gasteiger partial charge is 0.482 e. The van der Waals surface area contributed by atoms with Crippen molar-refractivity contribution >= 4 is 23.4 Å². The molecule has 3 rings (SSSR count). The summed E-state index contributed by atoms with van der Waals surface area (Å²) in [7, 11) is 0. The SMILES string of the molecule is O=C1COc2ccc(CNC3CCSCC3)cc2N1. The van der Waals surface area contributed by atoms with E-state index < -0.39 is 0 Å². The summed E-state index contributed by atoms with van der Waals surface area (Å²) in [4.78, 5) is 11.3. The molecule has 0 unspecified atom stereocenters. The van der Waals surface area contributed by atoms with Crippen LogP contribution in [-0.4, -0.2) is 30.1 Å². The molecule has 1 fully saturated rings. The van der Waals surface area contributed by atoms with Gasteiger partial charge in [0, 0.05) is 12.6 Å². The van der Waals surface area contributed by atoms with Crippen LogP contribution in [0.2, 0.25) is 0 Å². The second-order valence-electron chi connectivity index (χ2n) is 4.93. The number of fused-ring (bicyclic) bond motifs is 1. The van der Waals surface area contributed by atoms with Crippen molar-refractivity contribution in [3.63, 3.8) is 0 Å². The number of hydrogen-bond donors (Lipinski definition) is 2. The minimum atomic E-state index is -0.0816. The van der Waals surface area contributed by atoms with Crippen LogP contribution >= 0.6 is 11.8 Å². The first-order valence-electron chi connectivity index (χ1n) is 6.68. The van der Waals surface area contributed by atoms with Gasteiger partial charge in [0.1, 0.15) is 5.75 Å². The van der Waals surface area contributed by atoms with E-state index in [9.17, 15) is 4.79 Å². The van der Waals surface area contributed by atoms with Gasteiger partial charge in [0.05, 0.1) is 5.69 Å². The van der Waals surface area contributed by atoms with E-state index in [4.69, 9.17) is 4.74 Å². The van der Waals surface area contributed by atoms with Gasteiger partial charge in [-0.25, -0.2) is 0 Å². The summed E-state index contributed by atoms with van der Waals surface area (Å²) in [6.07, 6.45) is 2.49. The molecule has 5 heteroatoms. The minimum Gasteiger partial charge on any atom is -0.482 e. The molecule has 0 bridgehead atoms. The highest BCUT2D eigenvalue weighted by atomic mass is 32.2. The smallest absolute Gasteiger partial charge is 0.262 e. The van der Waals surface area contributed by atoms with Crippen LogP contribution in [0.1, 0.15) is 18.4 Å². The number of ether oxygens (including phenoxy) is 1. The maximum absolute atomic E-state index is 11.3. The lowest BCUT2D eigenvalue weighted by Gasteiger charge is -2.23. The summed E-state index contributed by atoms with van der Waals surface area (Å²) in [5.41, 5.74) is 1.97. The number of rotatable bonds is 3. The van der Waals surface area contributed by atoms with E-state index in [-0.39, 0.29) is 12.5 Å². The average Bonchev–Trinajstić information content (AvgIpc) is 2.46. The van der Waals surface area contributed by atoms with Crippen molar-refractivity contribution in [2.24, 2.45) is 0 Å². The molecule has 0 saturated carbocycles. The Labute approximate surface area is 117 Å².